The first-order chi connectivity index (χ1) is 22.9. The normalized spacial score (nSPS) is 16.6. The number of thiophene rings is 3. The molecule has 2 atom stereocenters. The highest BCUT2D eigenvalue weighted by atomic mass is 32.1. The Hall–Kier alpha value is -2.24. The van der Waals surface area contributed by atoms with Gasteiger partial charge >= 0.3 is 8.38 Å². The lowest BCUT2D eigenvalue weighted by Gasteiger charge is -2.38. The molecule has 1 aliphatic heterocycles. The van der Waals surface area contributed by atoms with Crippen LogP contribution in [0.1, 0.15) is 123 Å². The van der Waals surface area contributed by atoms with E-state index in [1.54, 1.807) is 22.7 Å². The van der Waals surface area contributed by atoms with Crippen molar-refractivity contribution in [3.63, 3.8) is 0 Å². The van der Waals surface area contributed by atoms with Crippen LogP contribution in [0.4, 0.5) is 0 Å². The van der Waals surface area contributed by atoms with Crippen LogP contribution in [0.15, 0.2) is 66.9 Å². The van der Waals surface area contributed by atoms with Gasteiger partial charge in [0.25, 0.3) is 0 Å². The van der Waals surface area contributed by atoms with Crippen molar-refractivity contribution in [1.82, 2.24) is 0 Å². The maximum atomic E-state index is 7.02. The first kappa shape index (κ1) is 35.6. The molecule has 0 spiro atoms. The van der Waals surface area contributed by atoms with E-state index >= 15 is 0 Å². The Kier molecular flexibility index (Phi) is 10.2. The summed E-state index contributed by atoms with van der Waals surface area (Å²) < 4.78 is 17.8. The van der Waals surface area contributed by atoms with Gasteiger partial charge in [0.2, 0.25) is 5.69 Å². The maximum absolute atomic E-state index is 7.02. The highest BCUT2D eigenvalue weighted by Crippen LogP contribution is 2.54. The zero-order valence-corrected chi connectivity index (χ0v) is 33.8. The first-order valence-corrected chi connectivity index (χ1v) is 21.5. The average molecular weight is 719 g/mol. The fourth-order valence-electron chi connectivity index (χ4n) is 8.16. The molecule has 0 bridgehead atoms. The quantitative estimate of drug-likeness (QED) is 0.0946. The number of hydrogen-bond donors (Lipinski definition) is 0. The van der Waals surface area contributed by atoms with Gasteiger partial charge in [-0.25, -0.2) is 0 Å². The average Bonchev–Trinajstić information content (AvgIpc) is 3.84. The first-order valence-electron chi connectivity index (χ1n) is 17.9. The Morgan fingerprint density at radius 1 is 0.792 bits per heavy atom. The molecule has 0 radical (unpaired) electrons. The zero-order valence-electron chi connectivity index (χ0n) is 30.5. The van der Waals surface area contributed by atoms with Crippen molar-refractivity contribution in [3.8, 4) is 20.7 Å². The second-order valence-corrected chi connectivity index (χ2v) is 19.7. The summed E-state index contributed by atoms with van der Waals surface area (Å²) in [6.45, 7) is 23.3. The number of aromatic nitrogens is 1. The second-order valence-electron chi connectivity index (χ2n) is 14.9. The van der Waals surface area contributed by atoms with Gasteiger partial charge in [0.15, 0.2) is 21.9 Å². The minimum atomic E-state index is -1.42. The van der Waals surface area contributed by atoms with Gasteiger partial charge in [0.05, 0.1) is 11.3 Å². The lowest BCUT2D eigenvalue weighted by Crippen LogP contribution is -2.61. The molecule has 5 heterocycles. The van der Waals surface area contributed by atoms with Crippen LogP contribution in [0.2, 0.25) is 0 Å². The molecule has 0 aliphatic carbocycles. The molecule has 256 valence electrons. The van der Waals surface area contributed by atoms with E-state index in [1.165, 1.54) is 54.1 Å². The summed E-state index contributed by atoms with van der Waals surface area (Å²) >= 11 is 5.43. The topological polar surface area (TPSA) is 22.3 Å². The predicted molar refractivity (Wildman–Crippen MR) is 211 cm³/mol. The van der Waals surface area contributed by atoms with Crippen LogP contribution < -0.4 is 18.2 Å². The molecule has 0 amide bonds. The summed E-state index contributed by atoms with van der Waals surface area (Å²) in [5, 5.41) is 4.48. The number of benzene rings is 1. The maximum Gasteiger partial charge on any atom is 0.338 e. The highest BCUT2D eigenvalue weighted by molar-refractivity contribution is 7.65. The third kappa shape index (κ3) is 6.18. The number of rotatable bonds is 12. The van der Waals surface area contributed by atoms with Gasteiger partial charge in [0.1, 0.15) is 9.50 Å². The molecule has 4 aromatic heterocycles. The molecule has 7 heteroatoms. The van der Waals surface area contributed by atoms with Gasteiger partial charge in [-0.1, -0.05) is 100 Å². The van der Waals surface area contributed by atoms with Crippen molar-refractivity contribution in [1.29, 1.82) is 0 Å². The number of pyridine rings is 1. The van der Waals surface area contributed by atoms with Gasteiger partial charge in [-0.15, -0.1) is 34.0 Å². The van der Waals surface area contributed by atoms with Crippen molar-refractivity contribution in [2.24, 2.45) is 5.92 Å². The number of nitrogens with zero attached hydrogens (tertiary/aromatic N) is 1. The van der Waals surface area contributed by atoms with E-state index in [1.807, 2.05) is 11.3 Å². The lowest BCUT2D eigenvalue weighted by molar-refractivity contribution is -0.761. The van der Waals surface area contributed by atoms with E-state index in [4.69, 9.17) is 9.05 Å². The lowest BCUT2D eigenvalue weighted by atomic mass is 9.71. The minimum Gasteiger partial charge on any atom is -0.424 e. The molecule has 0 fully saturated rings. The number of hydrogen-bond acceptors (Lipinski definition) is 5. The summed E-state index contributed by atoms with van der Waals surface area (Å²) in [7, 11) is -1.42. The standard InChI is InChI=1S/C41H53NO2PS3/c1-11-28(12-2)40(9,10)33-21-23-35(47-33)44-45(43-34-22-20-32(46-34)39(6,7)8)36-26-30-31(13-3)41(14-4,15-5)42-25-24-27-18-16-17-19-29(27)37(42)38(30)48-36/h16-26,28,31H,11-15H2,1-10H3/q+1. The monoisotopic (exact) mass is 718 g/mol. The van der Waals surface area contributed by atoms with Crippen molar-refractivity contribution >= 4 is 57.8 Å². The summed E-state index contributed by atoms with van der Waals surface area (Å²) in [5.41, 5.74) is 2.99. The van der Waals surface area contributed by atoms with Crippen molar-refractivity contribution in [3.05, 3.63) is 82.2 Å². The van der Waals surface area contributed by atoms with E-state index in [-0.39, 0.29) is 16.4 Å². The minimum absolute atomic E-state index is 0.0165. The Morgan fingerprint density at radius 2 is 1.42 bits per heavy atom. The van der Waals surface area contributed by atoms with Crippen LogP contribution in [-0.2, 0) is 16.4 Å². The molecule has 3 nitrogen and oxygen atoms in total. The molecule has 1 aliphatic rings. The fraction of sp³-hybridized carbons (Fsp3) is 0.488. The van der Waals surface area contributed by atoms with Crippen LogP contribution in [0.3, 0.4) is 0 Å². The van der Waals surface area contributed by atoms with Crippen molar-refractivity contribution in [2.45, 2.75) is 124 Å². The Bertz CT molecular complexity index is 1870. The zero-order chi connectivity index (χ0) is 34.4. The van der Waals surface area contributed by atoms with Gasteiger partial charge in [-0.05, 0) is 65.1 Å². The predicted octanol–water partition coefficient (Wildman–Crippen LogP) is 13.1. The van der Waals surface area contributed by atoms with Gasteiger partial charge in [0, 0.05) is 34.1 Å². The Labute approximate surface area is 302 Å². The fourth-order valence-corrected chi connectivity index (χ4v) is 13.3. The molecule has 0 saturated carbocycles. The molecular formula is C41H53NO2PS3+. The Balaban J connectivity index is 1.49. The van der Waals surface area contributed by atoms with E-state index < -0.39 is 8.38 Å². The molecule has 2 unspecified atom stereocenters. The molecule has 1 aromatic carbocycles. The van der Waals surface area contributed by atoms with Gasteiger partial charge in [-0.2, -0.15) is 4.57 Å². The largest absolute Gasteiger partial charge is 0.424 e. The summed E-state index contributed by atoms with van der Waals surface area (Å²) in [6.07, 6.45) is 7.96. The molecule has 0 saturated heterocycles. The summed E-state index contributed by atoms with van der Waals surface area (Å²) in [4.78, 5) is 4.08. The Morgan fingerprint density at radius 3 is 2.00 bits per heavy atom. The number of fused-ring (bicyclic) bond motifs is 5. The van der Waals surface area contributed by atoms with E-state index in [9.17, 15) is 0 Å². The third-order valence-electron chi connectivity index (χ3n) is 11.0. The van der Waals surface area contributed by atoms with E-state index in [0.29, 0.717) is 11.8 Å². The van der Waals surface area contributed by atoms with Crippen LogP contribution in [0.25, 0.3) is 21.3 Å². The van der Waals surface area contributed by atoms with Crippen LogP contribution >= 0.6 is 42.4 Å². The van der Waals surface area contributed by atoms with E-state index in [2.05, 4.69) is 141 Å². The SMILES string of the molecule is CCC(CC)C(C)(C)c1ccc(OP(Oc2ccc(C(C)(C)C)s2)c2cc3c(s2)-c2c4ccccc4cc[n+]2C(CC)(CC)C3CC)s1. The summed E-state index contributed by atoms with van der Waals surface area (Å²) in [5.74, 6) is 1.04. The molecule has 5 aromatic rings. The second kappa shape index (κ2) is 13.8. The molecular weight excluding hydrogens is 666 g/mol. The van der Waals surface area contributed by atoms with Crippen LogP contribution in [0, 0.1) is 5.92 Å². The molecule has 6 rings (SSSR count). The molecule has 48 heavy (non-hydrogen) atoms. The van der Waals surface area contributed by atoms with Crippen molar-refractivity contribution in [2.75, 3.05) is 0 Å². The molecule has 0 N–H and O–H groups in total. The van der Waals surface area contributed by atoms with Gasteiger partial charge in [-0.3, -0.25) is 0 Å². The van der Waals surface area contributed by atoms with E-state index in [0.717, 1.165) is 29.4 Å². The smallest absolute Gasteiger partial charge is 0.338 e. The van der Waals surface area contributed by atoms with Crippen LogP contribution in [-0.4, -0.2) is 0 Å². The van der Waals surface area contributed by atoms with Gasteiger partial charge < -0.3 is 9.05 Å². The van der Waals surface area contributed by atoms with Crippen molar-refractivity contribution < 1.29 is 13.6 Å². The summed E-state index contributed by atoms with van der Waals surface area (Å²) in [6, 6.07) is 22.5. The third-order valence-corrected chi connectivity index (χ3v) is 16.9. The highest BCUT2D eigenvalue weighted by Gasteiger charge is 2.52. The van der Waals surface area contributed by atoms with Crippen LogP contribution in [0.5, 0.6) is 10.1 Å².